The first-order valence-electron chi connectivity index (χ1n) is 9.98. The zero-order valence-corrected chi connectivity index (χ0v) is 17.9. The van der Waals surface area contributed by atoms with Gasteiger partial charge in [0.25, 0.3) is 5.91 Å². The number of hydrogen-bond acceptors (Lipinski definition) is 6. The molecular formula is C21H19ClF4N2O5. The monoisotopic (exact) mass is 490 g/mol. The van der Waals surface area contributed by atoms with Crippen LogP contribution in [0.15, 0.2) is 36.5 Å². The second-order valence-corrected chi connectivity index (χ2v) is 7.84. The van der Waals surface area contributed by atoms with Crippen molar-refractivity contribution in [2.45, 2.75) is 24.5 Å². The van der Waals surface area contributed by atoms with Gasteiger partial charge in [-0.05, 0) is 30.3 Å². The third kappa shape index (κ3) is 5.06. The van der Waals surface area contributed by atoms with Gasteiger partial charge in [-0.25, -0.2) is 4.39 Å². The number of fused-ring (bicyclic) bond motifs is 1. The fraction of sp³-hybridized carbons (Fsp3) is 0.429. The number of amides is 1. The van der Waals surface area contributed by atoms with Crippen LogP contribution in [0.1, 0.15) is 22.5 Å². The van der Waals surface area contributed by atoms with E-state index >= 15 is 0 Å². The summed E-state index contributed by atoms with van der Waals surface area (Å²) in [6.45, 7) is -0.697. The second-order valence-electron chi connectivity index (χ2n) is 7.43. The van der Waals surface area contributed by atoms with Crippen LogP contribution in [0.3, 0.4) is 0 Å². The third-order valence-corrected chi connectivity index (χ3v) is 5.77. The molecule has 178 valence electrons. The summed E-state index contributed by atoms with van der Waals surface area (Å²) in [7, 11) is 0. The molecule has 2 fully saturated rings. The molecule has 0 spiro atoms. The minimum absolute atomic E-state index is 0.0430. The predicted molar refractivity (Wildman–Crippen MR) is 106 cm³/mol. The van der Waals surface area contributed by atoms with Crippen LogP contribution in [-0.4, -0.2) is 61.4 Å². The number of nitrogens with zero attached hydrogens (tertiary/aromatic N) is 2. The average molecular weight is 491 g/mol. The van der Waals surface area contributed by atoms with E-state index in [0.29, 0.717) is 0 Å². The lowest BCUT2D eigenvalue weighted by atomic mass is 9.84. The van der Waals surface area contributed by atoms with Crippen molar-refractivity contribution >= 4 is 17.5 Å². The Balaban J connectivity index is 1.41. The highest BCUT2D eigenvalue weighted by Crippen LogP contribution is 2.42. The minimum atomic E-state index is -4.74. The molecule has 1 aromatic carbocycles. The molecule has 2 saturated heterocycles. The van der Waals surface area contributed by atoms with Crippen molar-refractivity contribution in [1.29, 1.82) is 0 Å². The first-order chi connectivity index (χ1) is 15.7. The summed E-state index contributed by atoms with van der Waals surface area (Å²) >= 11 is 6.14. The predicted octanol–water partition coefficient (Wildman–Crippen LogP) is 3.90. The summed E-state index contributed by atoms with van der Waals surface area (Å²) in [6.07, 6.45) is -3.59. The molecule has 2 aliphatic rings. The maximum absolute atomic E-state index is 14.4. The number of ether oxygens (including phenoxy) is 4. The third-order valence-electron chi connectivity index (χ3n) is 5.48. The lowest BCUT2D eigenvalue weighted by Gasteiger charge is -2.41. The molecule has 0 N–H and O–H groups in total. The fourth-order valence-corrected chi connectivity index (χ4v) is 4.17. The summed E-state index contributed by atoms with van der Waals surface area (Å²) < 4.78 is 70.7. The molecule has 33 heavy (non-hydrogen) atoms. The van der Waals surface area contributed by atoms with Crippen molar-refractivity contribution in [1.82, 2.24) is 9.88 Å². The highest BCUT2D eigenvalue weighted by molar-refractivity contribution is 6.32. The number of pyridine rings is 1. The lowest BCUT2D eigenvalue weighted by Crippen LogP contribution is -2.54. The molecule has 1 aromatic heterocycles. The van der Waals surface area contributed by atoms with Gasteiger partial charge in [0.2, 0.25) is 0 Å². The fourth-order valence-electron chi connectivity index (χ4n) is 3.94. The minimum Gasteiger partial charge on any atom is -0.490 e. The Labute approximate surface area is 191 Å². The summed E-state index contributed by atoms with van der Waals surface area (Å²) in [5, 5.41) is 0.0650. The van der Waals surface area contributed by atoms with Crippen molar-refractivity contribution in [2.24, 2.45) is 0 Å². The van der Waals surface area contributed by atoms with E-state index in [4.69, 9.17) is 25.8 Å². The quantitative estimate of drug-likeness (QED) is 0.452. The van der Waals surface area contributed by atoms with E-state index in [9.17, 15) is 22.4 Å². The van der Waals surface area contributed by atoms with Crippen LogP contribution in [0.4, 0.5) is 17.6 Å². The smallest absolute Gasteiger partial charge is 0.490 e. The largest absolute Gasteiger partial charge is 0.522 e. The van der Waals surface area contributed by atoms with Gasteiger partial charge in [-0.15, -0.1) is 13.2 Å². The molecule has 0 saturated carbocycles. The molecule has 0 unspecified atom stereocenters. The number of carbonyl (C=O) groups is 1. The van der Waals surface area contributed by atoms with E-state index in [1.165, 1.54) is 36.5 Å². The maximum atomic E-state index is 14.4. The van der Waals surface area contributed by atoms with E-state index in [-0.39, 0.29) is 60.8 Å². The number of rotatable bonds is 6. The van der Waals surface area contributed by atoms with Crippen molar-refractivity contribution < 1.29 is 41.3 Å². The van der Waals surface area contributed by atoms with Crippen LogP contribution in [0.5, 0.6) is 5.75 Å². The second kappa shape index (κ2) is 9.41. The average Bonchev–Trinajstić information content (AvgIpc) is 3.20. The summed E-state index contributed by atoms with van der Waals surface area (Å²) in [6, 6.07) is 7.01. The maximum Gasteiger partial charge on any atom is 0.522 e. The Morgan fingerprint density at radius 3 is 2.85 bits per heavy atom. The topological polar surface area (TPSA) is 70.1 Å². The number of halogens is 5. The molecule has 3 heterocycles. The zero-order chi connectivity index (χ0) is 23.6. The van der Waals surface area contributed by atoms with Crippen LogP contribution in [0, 0.1) is 5.82 Å². The summed E-state index contributed by atoms with van der Waals surface area (Å²) in [5.41, 5.74) is -0.663. The van der Waals surface area contributed by atoms with Gasteiger partial charge in [-0.1, -0.05) is 11.6 Å². The van der Waals surface area contributed by atoms with Gasteiger partial charge in [0, 0.05) is 24.7 Å². The van der Waals surface area contributed by atoms with Crippen molar-refractivity contribution in [3.8, 4) is 5.75 Å². The first-order valence-corrected chi connectivity index (χ1v) is 10.4. The molecule has 2 atom stereocenters. The number of carbonyl (C=O) groups excluding carboxylic acids is 1. The molecule has 0 radical (unpaired) electrons. The van der Waals surface area contributed by atoms with Gasteiger partial charge in [0.1, 0.15) is 42.4 Å². The van der Waals surface area contributed by atoms with Crippen molar-refractivity contribution in [3.05, 3.63) is 58.6 Å². The van der Waals surface area contributed by atoms with Gasteiger partial charge in [-0.2, -0.15) is 0 Å². The molecule has 2 aliphatic heterocycles. The van der Waals surface area contributed by atoms with E-state index in [1.807, 2.05) is 0 Å². The van der Waals surface area contributed by atoms with Gasteiger partial charge >= 0.3 is 6.36 Å². The zero-order valence-electron chi connectivity index (χ0n) is 17.1. The number of benzene rings is 1. The SMILES string of the molecule is O=C(c1ccc(OCCOC(F)(F)F)c(Cl)c1)N1CC[C@]2(c3ncccc3F)OCO[C@@H]2C1. The Morgan fingerprint density at radius 2 is 2.12 bits per heavy atom. The van der Waals surface area contributed by atoms with Gasteiger partial charge in [0.15, 0.2) is 0 Å². The van der Waals surface area contributed by atoms with Crippen molar-refractivity contribution in [3.63, 3.8) is 0 Å². The Morgan fingerprint density at radius 1 is 1.30 bits per heavy atom. The van der Waals surface area contributed by atoms with Gasteiger partial charge in [-0.3, -0.25) is 14.5 Å². The number of hydrogen-bond donors (Lipinski definition) is 0. The normalized spacial score (nSPS) is 22.8. The highest BCUT2D eigenvalue weighted by Gasteiger charge is 2.53. The number of likely N-dealkylation sites (tertiary alicyclic amines) is 1. The molecule has 7 nitrogen and oxygen atoms in total. The van der Waals surface area contributed by atoms with Crippen LogP contribution >= 0.6 is 11.6 Å². The summed E-state index contributed by atoms with van der Waals surface area (Å²) in [4.78, 5) is 18.7. The van der Waals surface area contributed by atoms with Crippen LogP contribution in [0.25, 0.3) is 0 Å². The van der Waals surface area contributed by atoms with Crippen LogP contribution in [0.2, 0.25) is 5.02 Å². The van der Waals surface area contributed by atoms with E-state index < -0.39 is 30.5 Å². The number of aromatic nitrogens is 1. The Bertz CT molecular complexity index is 1020. The summed E-state index contributed by atoms with van der Waals surface area (Å²) in [5.74, 6) is -0.722. The molecule has 12 heteroatoms. The number of piperidine rings is 1. The molecule has 2 aromatic rings. The van der Waals surface area contributed by atoms with Crippen molar-refractivity contribution in [2.75, 3.05) is 33.1 Å². The molecule has 1 amide bonds. The standard InChI is InChI=1S/C21H19ClF4N2O5/c22-14-10-13(3-4-16(14)30-8-9-32-21(24,25)26)19(29)28-7-5-20(17(11-28)31-12-33-20)18-15(23)2-1-6-27-18/h1-4,6,10,17H,5,7-9,11-12H2/t17-,20+/m1/s1. The van der Waals surface area contributed by atoms with Gasteiger partial charge < -0.3 is 19.1 Å². The Hall–Kier alpha value is -2.47. The number of alkyl halides is 3. The Kier molecular flexibility index (Phi) is 6.76. The van der Waals surface area contributed by atoms with Gasteiger partial charge in [0.05, 0.1) is 18.2 Å². The molecular weight excluding hydrogens is 472 g/mol. The van der Waals surface area contributed by atoms with E-state index in [0.717, 1.165) is 0 Å². The van der Waals surface area contributed by atoms with E-state index in [1.54, 1.807) is 4.90 Å². The van der Waals surface area contributed by atoms with Crippen LogP contribution < -0.4 is 4.74 Å². The molecule has 4 rings (SSSR count). The van der Waals surface area contributed by atoms with E-state index in [2.05, 4.69) is 9.72 Å². The lowest BCUT2D eigenvalue weighted by molar-refractivity contribution is -0.325. The highest BCUT2D eigenvalue weighted by atomic mass is 35.5. The van der Waals surface area contributed by atoms with Crippen LogP contribution in [-0.2, 0) is 19.8 Å². The molecule has 0 bridgehead atoms. The molecule has 0 aliphatic carbocycles. The first kappa shape index (κ1) is 23.7.